The third-order valence-corrected chi connectivity index (χ3v) is 3.03. The maximum absolute atomic E-state index is 5.65. The molecule has 0 atom stereocenters. The molecule has 0 saturated heterocycles. The molecule has 0 fully saturated rings. The van der Waals surface area contributed by atoms with Crippen LogP contribution in [0.25, 0.3) is 10.9 Å². The molecular formula is C16H22N2O. The summed E-state index contributed by atoms with van der Waals surface area (Å²) >= 11 is 0. The SMILES string of the molecule is C=CCNCCn1ccc2cc(OCCC)ccc21. The van der Waals surface area contributed by atoms with Gasteiger partial charge in [-0.15, -0.1) is 6.58 Å². The van der Waals surface area contributed by atoms with Crippen molar-refractivity contribution in [1.82, 2.24) is 9.88 Å². The van der Waals surface area contributed by atoms with Gasteiger partial charge in [-0.1, -0.05) is 13.0 Å². The van der Waals surface area contributed by atoms with Gasteiger partial charge in [0.15, 0.2) is 0 Å². The Balaban J connectivity index is 2.04. The fraction of sp³-hybridized carbons (Fsp3) is 0.375. The molecule has 0 amide bonds. The molecule has 1 aromatic carbocycles. The Morgan fingerprint density at radius 3 is 3.05 bits per heavy atom. The molecule has 0 saturated carbocycles. The lowest BCUT2D eigenvalue weighted by molar-refractivity contribution is 0.318. The Kier molecular flexibility index (Phi) is 5.04. The van der Waals surface area contributed by atoms with Gasteiger partial charge in [-0.2, -0.15) is 0 Å². The van der Waals surface area contributed by atoms with Gasteiger partial charge in [-0.3, -0.25) is 0 Å². The van der Waals surface area contributed by atoms with Gasteiger partial charge < -0.3 is 14.6 Å². The lowest BCUT2D eigenvalue weighted by atomic mass is 10.2. The summed E-state index contributed by atoms with van der Waals surface area (Å²) in [5, 5.41) is 4.55. The average Bonchev–Trinajstić information content (AvgIpc) is 2.84. The quantitative estimate of drug-likeness (QED) is 0.581. The third-order valence-electron chi connectivity index (χ3n) is 3.03. The van der Waals surface area contributed by atoms with Crippen LogP contribution < -0.4 is 10.1 Å². The lowest BCUT2D eigenvalue weighted by Crippen LogP contribution is -2.19. The predicted molar refractivity (Wildman–Crippen MR) is 80.8 cm³/mol. The number of aromatic nitrogens is 1. The van der Waals surface area contributed by atoms with E-state index in [-0.39, 0.29) is 0 Å². The van der Waals surface area contributed by atoms with Gasteiger partial charge in [-0.05, 0) is 30.7 Å². The van der Waals surface area contributed by atoms with E-state index in [9.17, 15) is 0 Å². The summed E-state index contributed by atoms with van der Waals surface area (Å²) < 4.78 is 7.91. The van der Waals surface area contributed by atoms with Crippen LogP contribution in [-0.2, 0) is 6.54 Å². The first-order chi connectivity index (χ1) is 9.35. The van der Waals surface area contributed by atoms with Crippen LogP contribution >= 0.6 is 0 Å². The van der Waals surface area contributed by atoms with Gasteiger partial charge in [0.1, 0.15) is 5.75 Å². The van der Waals surface area contributed by atoms with Gasteiger partial charge in [-0.25, -0.2) is 0 Å². The zero-order chi connectivity index (χ0) is 13.5. The molecule has 2 aromatic rings. The van der Waals surface area contributed by atoms with Gasteiger partial charge in [0.2, 0.25) is 0 Å². The number of hydrogen-bond acceptors (Lipinski definition) is 2. The van der Waals surface area contributed by atoms with Gasteiger partial charge in [0.25, 0.3) is 0 Å². The summed E-state index contributed by atoms with van der Waals surface area (Å²) in [5.74, 6) is 0.955. The number of ether oxygens (including phenoxy) is 1. The number of benzene rings is 1. The number of hydrogen-bond donors (Lipinski definition) is 1. The van der Waals surface area contributed by atoms with Crippen LogP contribution in [-0.4, -0.2) is 24.3 Å². The van der Waals surface area contributed by atoms with E-state index in [4.69, 9.17) is 4.74 Å². The molecular weight excluding hydrogens is 236 g/mol. The molecule has 0 spiro atoms. The summed E-state index contributed by atoms with van der Waals surface area (Å²) in [6, 6.07) is 8.43. The highest BCUT2D eigenvalue weighted by Crippen LogP contribution is 2.22. The standard InChI is InChI=1S/C16H22N2O/c1-3-8-17-9-11-18-10-7-14-13-15(19-12-4-2)5-6-16(14)18/h3,5-7,10,13,17H,1,4,8-9,11-12H2,2H3. The van der Waals surface area contributed by atoms with E-state index in [0.29, 0.717) is 0 Å². The van der Waals surface area contributed by atoms with Crippen molar-refractivity contribution in [1.29, 1.82) is 0 Å². The number of fused-ring (bicyclic) bond motifs is 1. The van der Waals surface area contributed by atoms with Crippen molar-refractivity contribution in [3.63, 3.8) is 0 Å². The minimum Gasteiger partial charge on any atom is -0.494 e. The Labute approximate surface area is 114 Å². The molecule has 102 valence electrons. The Bertz CT molecular complexity index is 531. The minimum absolute atomic E-state index is 0.775. The maximum atomic E-state index is 5.65. The second kappa shape index (κ2) is 7.00. The molecule has 0 unspecified atom stereocenters. The molecule has 19 heavy (non-hydrogen) atoms. The monoisotopic (exact) mass is 258 g/mol. The van der Waals surface area contributed by atoms with Crippen LogP contribution in [0.4, 0.5) is 0 Å². The van der Waals surface area contributed by atoms with E-state index in [2.05, 4.69) is 47.8 Å². The second-order valence-corrected chi connectivity index (χ2v) is 4.57. The first-order valence-electron chi connectivity index (χ1n) is 6.88. The number of rotatable bonds is 8. The Morgan fingerprint density at radius 2 is 2.26 bits per heavy atom. The Morgan fingerprint density at radius 1 is 1.37 bits per heavy atom. The smallest absolute Gasteiger partial charge is 0.120 e. The maximum Gasteiger partial charge on any atom is 0.120 e. The highest BCUT2D eigenvalue weighted by Gasteiger charge is 2.02. The summed E-state index contributed by atoms with van der Waals surface area (Å²) in [6.07, 6.45) is 5.04. The van der Waals surface area contributed by atoms with Crippen molar-refractivity contribution in [3.05, 3.63) is 43.1 Å². The normalized spacial score (nSPS) is 10.8. The molecule has 1 aromatic heterocycles. The molecule has 0 aliphatic heterocycles. The average molecular weight is 258 g/mol. The van der Waals surface area contributed by atoms with E-state index in [1.54, 1.807) is 0 Å². The topological polar surface area (TPSA) is 26.2 Å². The molecule has 0 aliphatic carbocycles. The molecule has 0 aliphatic rings. The lowest BCUT2D eigenvalue weighted by Gasteiger charge is -2.07. The molecule has 0 bridgehead atoms. The van der Waals surface area contributed by atoms with E-state index >= 15 is 0 Å². The molecule has 3 nitrogen and oxygen atoms in total. The highest BCUT2D eigenvalue weighted by molar-refractivity contribution is 5.81. The van der Waals surface area contributed by atoms with E-state index in [1.807, 2.05) is 12.1 Å². The van der Waals surface area contributed by atoms with Crippen molar-refractivity contribution in [2.45, 2.75) is 19.9 Å². The number of nitrogens with zero attached hydrogens (tertiary/aromatic N) is 1. The van der Waals surface area contributed by atoms with Crippen LogP contribution in [0.1, 0.15) is 13.3 Å². The van der Waals surface area contributed by atoms with E-state index < -0.39 is 0 Å². The zero-order valence-electron chi connectivity index (χ0n) is 11.6. The predicted octanol–water partition coefficient (Wildman–Crippen LogP) is 3.21. The van der Waals surface area contributed by atoms with Gasteiger partial charge in [0, 0.05) is 36.7 Å². The highest BCUT2D eigenvalue weighted by atomic mass is 16.5. The van der Waals surface area contributed by atoms with E-state index in [0.717, 1.165) is 38.4 Å². The summed E-state index contributed by atoms with van der Waals surface area (Å²) in [5.41, 5.74) is 1.25. The summed E-state index contributed by atoms with van der Waals surface area (Å²) in [7, 11) is 0. The largest absolute Gasteiger partial charge is 0.494 e. The molecule has 2 rings (SSSR count). The second-order valence-electron chi connectivity index (χ2n) is 4.57. The van der Waals surface area contributed by atoms with Crippen LogP contribution in [0.15, 0.2) is 43.1 Å². The Hall–Kier alpha value is -1.74. The summed E-state index contributed by atoms with van der Waals surface area (Å²) in [6.45, 7) is 9.36. The first kappa shape index (κ1) is 13.7. The van der Waals surface area contributed by atoms with Crippen LogP contribution in [0.5, 0.6) is 5.75 Å². The van der Waals surface area contributed by atoms with Crippen molar-refractivity contribution in [2.24, 2.45) is 0 Å². The molecule has 0 radical (unpaired) electrons. The molecule has 3 heteroatoms. The van der Waals surface area contributed by atoms with E-state index in [1.165, 1.54) is 10.9 Å². The molecule has 1 heterocycles. The first-order valence-corrected chi connectivity index (χ1v) is 6.88. The summed E-state index contributed by atoms with van der Waals surface area (Å²) in [4.78, 5) is 0. The number of nitrogens with one attached hydrogen (secondary N) is 1. The van der Waals surface area contributed by atoms with Gasteiger partial charge >= 0.3 is 0 Å². The minimum atomic E-state index is 0.775. The fourth-order valence-corrected chi connectivity index (χ4v) is 2.09. The van der Waals surface area contributed by atoms with Crippen LogP contribution in [0.2, 0.25) is 0 Å². The zero-order valence-corrected chi connectivity index (χ0v) is 11.6. The molecule has 1 N–H and O–H groups in total. The van der Waals surface area contributed by atoms with Crippen molar-refractivity contribution in [3.8, 4) is 5.75 Å². The third kappa shape index (κ3) is 3.61. The fourth-order valence-electron chi connectivity index (χ4n) is 2.09. The van der Waals surface area contributed by atoms with Gasteiger partial charge in [0.05, 0.1) is 6.61 Å². The van der Waals surface area contributed by atoms with Crippen molar-refractivity contribution >= 4 is 10.9 Å². The van der Waals surface area contributed by atoms with Crippen molar-refractivity contribution in [2.75, 3.05) is 19.7 Å². The van der Waals surface area contributed by atoms with Crippen LogP contribution in [0.3, 0.4) is 0 Å². The van der Waals surface area contributed by atoms with Crippen LogP contribution in [0, 0.1) is 0 Å². The van der Waals surface area contributed by atoms with Crippen molar-refractivity contribution < 1.29 is 4.74 Å².